The molecule has 0 fully saturated rings. The molecule has 1 aromatic carbocycles. The standard InChI is InChI=1S/C18H22N2O2/c1-13(21)19-16-10-4-8-15-9-5-11-20(18(15)16)17(22)12-14-6-2-3-7-14/h2,4,6,8,10,14H,3,5,7,9,11-12H2,1H3,(H,19,21). The van der Waals surface area contributed by atoms with Gasteiger partial charge in [-0.1, -0.05) is 24.3 Å². The van der Waals surface area contributed by atoms with Crippen molar-refractivity contribution in [3.63, 3.8) is 0 Å². The average molecular weight is 298 g/mol. The molecule has 1 aromatic rings. The van der Waals surface area contributed by atoms with Gasteiger partial charge >= 0.3 is 0 Å². The molecule has 0 radical (unpaired) electrons. The summed E-state index contributed by atoms with van der Waals surface area (Å²) >= 11 is 0. The van der Waals surface area contributed by atoms with Crippen molar-refractivity contribution in [2.45, 2.75) is 39.0 Å². The highest BCUT2D eigenvalue weighted by molar-refractivity contribution is 6.02. The van der Waals surface area contributed by atoms with E-state index in [1.807, 2.05) is 17.0 Å². The van der Waals surface area contributed by atoms with E-state index in [1.54, 1.807) is 0 Å². The lowest BCUT2D eigenvalue weighted by molar-refractivity contribution is -0.119. The molecule has 2 aliphatic rings. The summed E-state index contributed by atoms with van der Waals surface area (Å²) in [5.74, 6) is 0.422. The quantitative estimate of drug-likeness (QED) is 0.871. The first kappa shape index (κ1) is 14.8. The van der Waals surface area contributed by atoms with Gasteiger partial charge in [-0.05, 0) is 43.2 Å². The number of anilines is 2. The lowest BCUT2D eigenvalue weighted by Crippen LogP contribution is -2.37. The van der Waals surface area contributed by atoms with Gasteiger partial charge in [0.1, 0.15) is 0 Å². The molecule has 4 nitrogen and oxygen atoms in total. The molecule has 0 saturated heterocycles. The maximum Gasteiger partial charge on any atom is 0.227 e. The molecule has 0 bridgehead atoms. The molecule has 116 valence electrons. The number of carbonyl (C=O) groups is 2. The highest BCUT2D eigenvalue weighted by Gasteiger charge is 2.27. The number of nitrogens with zero attached hydrogens (tertiary/aromatic N) is 1. The van der Waals surface area contributed by atoms with Crippen LogP contribution < -0.4 is 10.2 Å². The zero-order valence-corrected chi connectivity index (χ0v) is 13.0. The van der Waals surface area contributed by atoms with Crippen LogP contribution in [0.25, 0.3) is 0 Å². The number of fused-ring (bicyclic) bond motifs is 1. The molecule has 22 heavy (non-hydrogen) atoms. The summed E-state index contributed by atoms with van der Waals surface area (Å²) in [5.41, 5.74) is 2.80. The van der Waals surface area contributed by atoms with Crippen LogP contribution in [0.1, 0.15) is 38.2 Å². The van der Waals surface area contributed by atoms with Crippen LogP contribution in [-0.2, 0) is 16.0 Å². The molecule has 0 spiro atoms. The Balaban J connectivity index is 1.87. The van der Waals surface area contributed by atoms with Crippen LogP contribution in [0.3, 0.4) is 0 Å². The van der Waals surface area contributed by atoms with Gasteiger partial charge in [0.05, 0.1) is 11.4 Å². The fourth-order valence-electron chi connectivity index (χ4n) is 3.39. The van der Waals surface area contributed by atoms with Gasteiger partial charge in [-0.25, -0.2) is 0 Å². The van der Waals surface area contributed by atoms with Crippen molar-refractivity contribution in [1.82, 2.24) is 0 Å². The zero-order chi connectivity index (χ0) is 15.5. The number of carbonyl (C=O) groups excluding carboxylic acids is 2. The predicted molar refractivity (Wildman–Crippen MR) is 87.9 cm³/mol. The Hall–Kier alpha value is -2.10. The van der Waals surface area contributed by atoms with Crippen molar-refractivity contribution in [1.29, 1.82) is 0 Å². The van der Waals surface area contributed by atoms with E-state index in [2.05, 4.69) is 23.5 Å². The Labute approximate surface area is 131 Å². The van der Waals surface area contributed by atoms with Crippen molar-refractivity contribution in [2.24, 2.45) is 5.92 Å². The van der Waals surface area contributed by atoms with Crippen molar-refractivity contribution < 1.29 is 9.59 Å². The number of hydrogen-bond acceptors (Lipinski definition) is 2. The topological polar surface area (TPSA) is 49.4 Å². The zero-order valence-electron chi connectivity index (χ0n) is 13.0. The van der Waals surface area contributed by atoms with Gasteiger partial charge in [-0.2, -0.15) is 0 Å². The first-order valence-electron chi connectivity index (χ1n) is 8.01. The molecule has 2 amide bonds. The second kappa shape index (κ2) is 6.34. The molecule has 3 rings (SSSR count). The van der Waals surface area contributed by atoms with Crippen LogP contribution in [0.5, 0.6) is 0 Å². The van der Waals surface area contributed by atoms with E-state index >= 15 is 0 Å². The highest BCUT2D eigenvalue weighted by Crippen LogP contribution is 2.36. The Bertz CT molecular complexity index is 622. The summed E-state index contributed by atoms with van der Waals surface area (Å²) in [6.07, 6.45) is 8.95. The number of hydrogen-bond donors (Lipinski definition) is 1. The van der Waals surface area contributed by atoms with Gasteiger partial charge in [0, 0.05) is 19.9 Å². The third-order valence-corrected chi connectivity index (χ3v) is 4.38. The third-order valence-electron chi connectivity index (χ3n) is 4.38. The maximum absolute atomic E-state index is 12.7. The molecule has 1 N–H and O–H groups in total. The lowest BCUT2D eigenvalue weighted by Gasteiger charge is -2.32. The summed E-state index contributed by atoms with van der Waals surface area (Å²) in [5, 5.41) is 2.86. The molecule has 4 heteroatoms. The van der Waals surface area contributed by atoms with Crippen LogP contribution in [0.4, 0.5) is 11.4 Å². The van der Waals surface area contributed by atoms with Crippen molar-refractivity contribution >= 4 is 23.2 Å². The van der Waals surface area contributed by atoms with Crippen molar-refractivity contribution in [2.75, 3.05) is 16.8 Å². The fourth-order valence-corrected chi connectivity index (χ4v) is 3.39. The number of para-hydroxylation sites is 1. The third kappa shape index (κ3) is 3.06. The second-order valence-corrected chi connectivity index (χ2v) is 6.11. The summed E-state index contributed by atoms with van der Waals surface area (Å²) in [7, 11) is 0. The van der Waals surface area contributed by atoms with Crippen LogP contribution >= 0.6 is 0 Å². The van der Waals surface area contributed by atoms with E-state index in [0.717, 1.165) is 49.2 Å². The summed E-state index contributed by atoms with van der Waals surface area (Å²) in [6.45, 7) is 2.23. The van der Waals surface area contributed by atoms with Crippen LogP contribution in [0.2, 0.25) is 0 Å². The second-order valence-electron chi connectivity index (χ2n) is 6.11. The van der Waals surface area contributed by atoms with Gasteiger partial charge in [-0.15, -0.1) is 0 Å². The molecule has 1 aliphatic carbocycles. The SMILES string of the molecule is CC(=O)Nc1cccc2c1N(C(=O)CC1C=CCC1)CCC2. The monoisotopic (exact) mass is 298 g/mol. The van der Waals surface area contributed by atoms with E-state index < -0.39 is 0 Å². The molecule has 1 atom stereocenters. The number of rotatable bonds is 3. The molecule has 1 heterocycles. The summed E-state index contributed by atoms with van der Waals surface area (Å²) < 4.78 is 0. The highest BCUT2D eigenvalue weighted by atomic mass is 16.2. The van der Waals surface area contributed by atoms with E-state index in [4.69, 9.17) is 0 Å². The maximum atomic E-state index is 12.7. The Morgan fingerprint density at radius 3 is 2.95 bits per heavy atom. The van der Waals surface area contributed by atoms with E-state index in [9.17, 15) is 9.59 Å². The number of nitrogens with one attached hydrogen (secondary N) is 1. The minimum atomic E-state index is -0.106. The molecular formula is C18H22N2O2. The Morgan fingerprint density at radius 1 is 1.36 bits per heavy atom. The fraction of sp³-hybridized carbons (Fsp3) is 0.444. The first-order chi connectivity index (χ1) is 10.6. The summed E-state index contributed by atoms with van der Waals surface area (Å²) in [4.78, 5) is 26.0. The molecular weight excluding hydrogens is 276 g/mol. The largest absolute Gasteiger partial charge is 0.325 e. The van der Waals surface area contributed by atoms with E-state index in [1.165, 1.54) is 6.92 Å². The van der Waals surface area contributed by atoms with Crippen molar-refractivity contribution in [3.8, 4) is 0 Å². The van der Waals surface area contributed by atoms with Gasteiger partial charge in [0.2, 0.25) is 11.8 Å². The summed E-state index contributed by atoms with van der Waals surface area (Å²) in [6, 6.07) is 5.87. The first-order valence-corrected chi connectivity index (χ1v) is 8.01. The van der Waals surface area contributed by atoms with Gasteiger partial charge in [0.15, 0.2) is 0 Å². The molecule has 0 aromatic heterocycles. The smallest absolute Gasteiger partial charge is 0.227 e. The molecule has 0 saturated carbocycles. The molecule has 1 unspecified atom stereocenters. The number of benzene rings is 1. The Kier molecular flexibility index (Phi) is 4.27. The van der Waals surface area contributed by atoms with E-state index in [0.29, 0.717) is 12.3 Å². The lowest BCUT2D eigenvalue weighted by atomic mass is 9.98. The number of allylic oxidation sites excluding steroid dienone is 2. The van der Waals surface area contributed by atoms with E-state index in [-0.39, 0.29) is 11.8 Å². The molecule has 1 aliphatic heterocycles. The van der Waals surface area contributed by atoms with Crippen LogP contribution in [0, 0.1) is 5.92 Å². The van der Waals surface area contributed by atoms with Gasteiger partial charge in [-0.3, -0.25) is 9.59 Å². The van der Waals surface area contributed by atoms with Crippen LogP contribution in [-0.4, -0.2) is 18.4 Å². The average Bonchev–Trinajstić information content (AvgIpc) is 2.99. The van der Waals surface area contributed by atoms with Gasteiger partial charge in [0.25, 0.3) is 0 Å². The minimum absolute atomic E-state index is 0.106. The minimum Gasteiger partial charge on any atom is -0.325 e. The number of aryl methyl sites for hydroxylation is 1. The van der Waals surface area contributed by atoms with Crippen molar-refractivity contribution in [3.05, 3.63) is 35.9 Å². The predicted octanol–water partition coefficient (Wildman–Crippen LogP) is 3.28. The Morgan fingerprint density at radius 2 is 2.23 bits per heavy atom. The normalized spacial score (nSPS) is 19.9. The van der Waals surface area contributed by atoms with Crippen LogP contribution in [0.15, 0.2) is 30.4 Å². The van der Waals surface area contributed by atoms with Gasteiger partial charge < -0.3 is 10.2 Å². The number of amides is 2.